The molecule has 0 unspecified atom stereocenters. The first-order chi connectivity index (χ1) is 8.17. The lowest BCUT2D eigenvalue weighted by molar-refractivity contribution is 0.249. The first-order valence-electron chi connectivity index (χ1n) is 5.16. The van der Waals surface area contributed by atoms with Crippen LogP contribution in [-0.2, 0) is 0 Å². The molecule has 0 fully saturated rings. The van der Waals surface area contributed by atoms with Crippen LogP contribution in [-0.4, -0.2) is 31.4 Å². The van der Waals surface area contributed by atoms with Gasteiger partial charge in [-0.25, -0.2) is 4.79 Å². The second-order valence-corrected chi connectivity index (χ2v) is 3.71. The number of carbonyl (C=O) groups is 1. The van der Waals surface area contributed by atoms with E-state index in [-0.39, 0.29) is 12.6 Å². The number of halogens is 1. The van der Waals surface area contributed by atoms with Crippen LogP contribution in [0.25, 0.3) is 0 Å². The SMILES string of the molecule is COc1ccc(NC(=O)NCCCO)c(Cl)c1. The molecule has 0 bridgehead atoms. The standard InChI is InChI=1S/C11H15ClN2O3/c1-17-8-3-4-10(9(12)7-8)14-11(16)13-5-2-6-15/h3-4,7,15H,2,5-6H2,1H3,(H2,13,14,16). The molecule has 2 amide bonds. The molecule has 3 N–H and O–H groups in total. The highest BCUT2D eigenvalue weighted by Crippen LogP contribution is 2.26. The average Bonchev–Trinajstić information content (AvgIpc) is 2.32. The smallest absolute Gasteiger partial charge is 0.319 e. The monoisotopic (exact) mass is 258 g/mol. The Labute approximate surface area is 105 Å². The molecule has 0 spiro atoms. The lowest BCUT2D eigenvalue weighted by Gasteiger charge is -2.09. The van der Waals surface area contributed by atoms with Crippen molar-refractivity contribution >= 4 is 23.3 Å². The van der Waals surface area contributed by atoms with Crippen LogP contribution in [0.5, 0.6) is 5.75 Å². The fourth-order valence-corrected chi connectivity index (χ4v) is 1.39. The molecule has 5 nitrogen and oxygen atoms in total. The van der Waals surface area contributed by atoms with Crippen LogP contribution in [0.3, 0.4) is 0 Å². The Morgan fingerprint density at radius 1 is 1.53 bits per heavy atom. The molecule has 0 aliphatic carbocycles. The Morgan fingerprint density at radius 3 is 2.88 bits per heavy atom. The lowest BCUT2D eigenvalue weighted by Crippen LogP contribution is -2.30. The van der Waals surface area contributed by atoms with Crippen molar-refractivity contribution in [3.63, 3.8) is 0 Å². The summed E-state index contributed by atoms with van der Waals surface area (Å²) in [6.07, 6.45) is 0.518. The molecule has 6 heteroatoms. The lowest BCUT2D eigenvalue weighted by atomic mass is 10.3. The summed E-state index contributed by atoms with van der Waals surface area (Å²) in [5.74, 6) is 0.626. The van der Waals surface area contributed by atoms with Crippen molar-refractivity contribution in [1.82, 2.24) is 5.32 Å². The number of aliphatic hydroxyl groups is 1. The average molecular weight is 259 g/mol. The van der Waals surface area contributed by atoms with E-state index in [0.717, 1.165) is 0 Å². The summed E-state index contributed by atoms with van der Waals surface area (Å²) >= 11 is 5.95. The number of carbonyl (C=O) groups excluding carboxylic acids is 1. The normalized spacial score (nSPS) is 9.82. The van der Waals surface area contributed by atoms with Gasteiger partial charge in [0.1, 0.15) is 5.75 Å². The maximum absolute atomic E-state index is 11.4. The zero-order valence-electron chi connectivity index (χ0n) is 9.50. The van der Waals surface area contributed by atoms with Crippen molar-refractivity contribution in [3.8, 4) is 5.75 Å². The third-order valence-corrected chi connectivity index (χ3v) is 2.36. The molecular formula is C11H15ClN2O3. The Bertz CT molecular complexity index is 385. The molecule has 1 rings (SSSR count). The van der Waals surface area contributed by atoms with Gasteiger partial charge in [0.2, 0.25) is 0 Å². The number of nitrogens with one attached hydrogen (secondary N) is 2. The van der Waals surface area contributed by atoms with Gasteiger partial charge in [0.15, 0.2) is 0 Å². The predicted molar refractivity (Wildman–Crippen MR) is 66.7 cm³/mol. The molecule has 0 aliphatic heterocycles. The number of ether oxygens (including phenoxy) is 1. The number of methoxy groups -OCH3 is 1. The Morgan fingerprint density at radius 2 is 2.29 bits per heavy atom. The van der Waals surface area contributed by atoms with Crippen LogP contribution in [0.15, 0.2) is 18.2 Å². The quantitative estimate of drug-likeness (QED) is 0.706. The van der Waals surface area contributed by atoms with Crippen molar-refractivity contribution < 1.29 is 14.6 Å². The second-order valence-electron chi connectivity index (χ2n) is 3.30. The van der Waals surface area contributed by atoms with Crippen molar-refractivity contribution in [2.75, 3.05) is 25.6 Å². The summed E-state index contributed by atoms with van der Waals surface area (Å²) in [6.45, 7) is 0.458. The maximum atomic E-state index is 11.4. The van der Waals surface area contributed by atoms with Gasteiger partial charge in [0.05, 0.1) is 17.8 Å². The van der Waals surface area contributed by atoms with Gasteiger partial charge in [0.25, 0.3) is 0 Å². The van der Waals surface area contributed by atoms with Gasteiger partial charge in [-0.1, -0.05) is 11.6 Å². The highest BCUT2D eigenvalue weighted by molar-refractivity contribution is 6.33. The van der Waals surface area contributed by atoms with E-state index in [1.54, 1.807) is 25.3 Å². The third kappa shape index (κ3) is 4.50. The van der Waals surface area contributed by atoms with E-state index in [1.165, 1.54) is 0 Å². The van der Waals surface area contributed by atoms with Crippen molar-refractivity contribution in [1.29, 1.82) is 0 Å². The number of rotatable bonds is 5. The van der Waals surface area contributed by atoms with Gasteiger partial charge in [-0.3, -0.25) is 0 Å². The number of amides is 2. The second kappa shape index (κ2) is 6.98. The van der Waals surface area contributed by atoms with Crippen LogP contribution < -0.4 is 15.4 Å². The summed E-state index contributed by atoms with van der Waals surface area (Å²) in [5.41, 5.74) is 0.508. The van der Waals surface area contributed by atoms with Crippen molar-refractivity contribution in [3.05, 3.63) is 23.2 Å². The molecule has 0 heterocycles. The minimum Gasteiger partial charge on any atom is -0.497 e. The largest absolute Gasteiger partial charge is 0.497 e. The number of hydrogen-bond acceptors (Lipinski definition) is 3. The molecule has 94 valence electrons. The van der Waals surface area contributed by atoms with Crippen molar-refractivity contribution in [2.45, 2.75) is 6.42 Å². The molecule has 0 aromatic heterocycles. The zero-order chi connectivity index (χ0) is 12.7. The van der Waals surface area contributed by atoms with E-state index >= 15 is 0 Å². The Hall–Kier alpha value is -1.46. The Balaban J connectivity index is 2.53. The minimum absolute atomic E-state index is 0.0452. The molecule has 0 aliphatic rings. The highest BCUT2D eigenvalue weighted by atomic mass is 35.5. The van der Waals surface area contributed by atoms with Gasteiger partial charge >= 0.3 is 6.03 Å². The molecule has 0 saturated heterocycles. The van der Waals surface area contributed by atoms with Gasteiger partial charge in [-0.05, 0) is 18.6 Å². The molecule has 1 aromatic rings. The third-order valence-electron chi connectivity index (χ3n) is 2.04. The summed E-state index contributed by atoms with van der Waals surface area (Å²) in [7, 11) is 1.54. The number of anilines is 1. The first-order valence-corrected chi connectivity index (χ1v) is 5.54. The summed E-state index contributed by atoms with van der Waals surface area (Å²) in [5, 5.41) is 14.2. The molecule has 17 heavy (non-hydrogen) atoms. The van der Waals surface area contributed by atoms with Gasteiger partial charge in [-0.2, -0.15) is 0 Å². The van der Waals surface area contributed by atoms with E-state index in [1.807, 2.05) is 0 Å². The fourth-order valence-electron chi connectivity index (χ4n) is 1.17. The molecule has 0 saturated carbocycles. The molecule has 0 atom stereocenters. The van der Waals surface area contributed by atoms with Crippen LogP contribution in [0, 0.1) is 0 Å². The topological polar surface area (TPSA) is 70.6 Å². The maximum Gasteiger partial charge on any atom is 0.319 e. The summed E-state index contributed by atoms with van der Waals surface area (Å²) in [6, 6.07) is 4.62. The number of benzene rings is 1. The number of aliphatic hydroxyl groups excluding tert-OH is 1. The predicted octanol–water partition coefficient (Wildman–Crippen LogP) is 1.85. The van der Waals surface area contributed by atoms with Gasteiger partial charge in [0, 0.05) is 19.2 Å². The summed E-state index contributed by atoms with van der Waals surface area (Å²) < 4.78 is 4.99. The van der Waals surface area contributed by atoms with E-state index in [4.69, 9.17) is 21.4 Å². The first kappa shape index (κ1) is 13.6. The number of hydrogen-bond donors (Lipinski definition) is 3. The van der Waals surface area contributed by atoms with E-state index in [0.29, 0.717) is 29.4 Å². The van der Waals surface area contributed by atoms with Crippen LogP contribution in [0.2, 0.25) is 5.02 Å². The van der Waals surface area contributed by atoms with Gasteiger partial charge < -0.3 is 20.5 Å². The zero-order valence-corrected chi connectivity index (χ0v) is 10.3. The minimum atomic E-state index is -0.356. The Kier molecular flexibility index (Phi) is 5.59. The summed E-state index contributed by atoms with van der Waals surface area (Å²) in [4.78, 5) is 11.4. The van der Waals surface area contributed by atoms with E-state index < -0.39 is 0 Å². The van der Waals surface area contributed by atoms with Crippen molar-refractivity contribution in [2.24, 2.45) is 0 Å². The van der Waals surface area contributed by atoms with E-state index in [9.17, 15) is 4.79 Å². The van der Waals surface area contributed by atoms with E-state index in [2.05, 4.69) is 10.6 Å². The molecule has 1 aromatic carbocycles. The fraction of sp³-hybridized carbons (Fsp3) is 0.364. The molecule has 0 radical (unpaired) electrons. The van der Waals surface area contributed by atoms with Crippen LogP contribution in [0.1, 0.15) is 6.42 Å². The number of urea groups is 1. The highest BCUT2D eigenvalue weighted by Gasteiger charge is 2.05. The van der Waals surface area contributed by atoms with Gasteiger partial charge in [-0.15, -0.1) is 0 Å². The molecular weight excluding hydrogens is 244 g/mol. The van der Waals surface area contributed by atoms with Crippen LogP contribution in [0.4, 0.5) is 10.5 Å². The van der Waals surface area contributed by atoms with Crippen LogP contribution >= 0.6 is 11.6 Å².